The first kappa shape index (κ1) is 11.7. The molecule has 0 bridgehead atoms. The van der Waals surface area contributed by atoms with Crippen LogP contribution >= 0.6 is 0 Å². The number of nitrogens with zero attached hydrogens (tertiary/aromatic N) is 1. The third-order valence-corrected chi connectivity index (χ3v) is 1.98. The molecule has 0 aliphatic rings. The first-order chi connectivity index (χ1) is 6.92. The van der Waals surface area contributed by atoms with Gasteiger partial charge < -0.3 is 4.48 Å². The van der Waals surface area contributed by atoms with E-state index >= 15 is 0 Å². The smallest absolute Gasteiger partial charge is 0.265 e. The van der Waals surface area contributed by atoms with Gasteiger partial charge in [-0.15, -0.1) is 0 Å². The van der Waals surface area contributed by atoms with Gasteiger partial charge in [0.2, 0.25) is 0 Å². The molecule has 1 aromatic rings. The number of quaternary nitrogens is 1. The van der Waals surface area contributed by atoms with Crippen molar-refractivity contribution in [2.75, 3.05) is 21.1 Å². The lowest BCUT2D eigenvalue weighted by Gasteiger charge is -2.24. The molecule has 1 rings (SSSR count). The maximum atomic E-state index is 11.3. The average molecular weight is 208 g/mol. The van der Waals surface area contributed by atoms with Crippen molar-refractivity contribution in [2.24, 2.45) is 5.84 Å². The Morgan fingerprint density at radius 1 is 1.40 bits per heavy atom. The molecule has 0 aliphatic heterocycles. The summed E-state index contributed by atoms with van der Waals surface area (Å²) in [6, 6.07) is 7.50. The molecule has 1 amide bonds. The minimum Gasteiger partial charge on any atom is -0.327 e. The van der Waals surface area contributed by atoms with Crippen LogP contribution in [0.1, 0.15) is 15.9 Å². The van der Waals surface area contributed by atoms with E-state index in [4.69, 9.17) is 5.84 Å². The monoisotopic (exact) mass is 208 g/mol. The standard InChI is InChI=1S/C11H17N3O/c1-14(2,3)8-9-5-4-6-10(7-9)11(15)13-12/h4-7H,8,12H2,1-3H3/p+1. The van der Waals surface area contributed by atoms with Crippen molar-refractivity contribution in [3.05, 3.63) is 35.4 Å². The van der Waals surface area contributed by atoms with Crippen LogP contribution in [0.25, 0.3) is 0 Å². The van der Waals surface area contributed by atoms with Crippen molar-refractivity contribution in [1.29, 1.82) is 0 Å². The fourth-order valence-electron chi connectivity index (χ4n) is 1.44. The van der Waals surface area contributed by atoms with Crippen LogP contribution < -0.4 is 11.3 Å². The molecule has 0 atom stereocenters. The minimum atomic E-state index is -0.252. The van der Waals surface area contributed by atoms with E-state index in [9.17, 15) is 4.79 Å². The summed E-state index contributed by atoms with van der Waals surface area (Å²) in [5, 5.41) is 0. The summed E-state index contributed by atoms with van der Waals surface area (Å²) >= 11 is 0. The number of nitrogen functional groups attached to an aromatic ring is 1. The quantitative estimate of drug-likeness (QED) is 0.329. The highest BCUT2D eigenvalue weighted by Gasteiger charge is 2.10. The van der Waals surface area contributed by atoms with E-state index in [1.54, 1.807) is 6.07 Å². The van der Waals surface area contributed by atoms with Crippen molar-refractivity contribution in [3.8, 4) is 0 Å². The number of hydrazine groups is 1. The van der Waals surface area contributed by atoms with Gasteiger partial charge in [-0.1, -0.05) is 12.1 Å². The summed E-state index contributed by atoms with van der Waals surface area (Å²) in [5.74, 6) is 4.83. The number of nitrogens with two attached hydrogens (primary N) is 1. The van der Waals surface area contributed by atoms with Crippen LogP contribution in [0.15, 0.2) is 24.3 Å². The molecule has 0 spiro atoms. The Labute approximate surface area is 90.2 Å². The zero-order valence-corrected chi connectivity index (χ0v) is 9.45. The third-order valence-electron chi connectivity index (χ3n) is 1.98. The SMILES string of the molecule is C[N+](C)(C)Cc1cccc(C(=O)NN)c1. The summed E-state index contributed by atoms with van der Waals surface area (Å²) in [7, 11) is 6.32. The zero-order chi connectivity index (χ0) is 11.5. The van der Waals surface area contributed by atoms with Gasteiger partial charge in [-0.05, 0) is 12.1 Å². The fourth-order valence-corrected chi connectivity index (χ4v) is 1.44. The van der Waals surface area contributed by atoms with Gasteiger partial charge in [-0.2, -0.15) is 0 Å². The van der Waals surface area contributed by atoms with E-state index in [0.29, 0.717) is 5.56 Å². The van der Waals surface area contributed by atoms with Crippen molar-refractivity contribution in [3.63, 3.8) is 0 Å². The molecule has 1 aromatic carbocycles. The van der Waals surface area contributed by atoms with Gasteiger partial charge in [0.05, 0.1) is 21.1 Å². The Balaban J connectivity index is 2.88. The highest BCUT2D eigenvalue weighted by Crippen LogP contribution is 2.09. The molecular formula is C11H18N3O+. The molecule has 82 valence electrons. The van der Waals surface area contributed by atoms with Crippen molar-refractivity contribution < 1.29 is 9.28 Å². The predicted octanol–water partition coefficient (Wildman–Crippen LogP) is 0.496. The molecular weight excluding hydrogens is 190 g/mol. The van der Waals surface area contributed by atoms with Crippen LogP contribution in [0.3, 0.4) is 0 Å². The highest BCUT2D eigenvalue weighted by molar-refractivity contribution is 5.93. The second-order valence-corrected chi connectivity index (χ2v) is 4.62. The first-order valence-electron chi connectivity index (χ1n) is 4.83. The average Bonchev–Trinajstić information content (AvgIpc) is 2.14. The van der Waals surface area contributed by atoms with Crippen LogP contribution in [0.2, 0.25) is 0 Å². The Morgan fingerprint density at radius 3 is 2.60 bits per heavy atom. The molecule has 0 fully saturated rings. The molecule has 3 N–H and O–H groups in total. The number of carbonyl (C=O) groups excluding carboxylic acids is 1. The molecule has 4 heteroatoms. The third kappa shape index (κ3) is 3.69. The molecule has 0 radical (unpaired) electrons. The van der Waals surface area contributed by atoms with Crippen LogP contribution in [0, 0.1) is 0 Å². The summed E-state index contributed by atoms with van der Waals surface area (Å²) < 4.78 is 0.827. The molecule has 0 heterocycles. The van der Waals surface area contributed by atoms with Crippen LogP contribution in [-0.4, -0.2) is 31.5 Å². The Hall–Kier alpha value is -1.39. The van der Waals surface area contributed by atoms with E-state index in [-0.39, 0.29) is 5.91 Å². The number of carbonyl (C=O) groups is 1. The molecule has 15 heavy (non-hydrogen) atoms. The van der Waals surface area contributed by atoms with Crippen LogP contribution in [-0.2, 0) is 6.54 Å². The molecule has 0 aliphatic carbocycles. The summed E-state index contributed by atoms with van der Waals surface area (Å²) in [6.45, 7) is 0.881. The topological polar surface area (TPSA) is 55.1 Å². The molecule has 0 saturated heterocycles. The summed E-state index contributed by atoms with van der Waals surface area (Å²) in [5.41, 5.74) is 3.86. The van der Waals surface area contributed by atoms with Crippen LogP contribution in [0.5, 0.6) is 0 Å². The van der Waals surface area contributed by atoms with E-state index < -0.39 is 0 Å². The van der Waals surface area contributed by atoms with Crippen LogP contribution in [0.4, 0.5) is 0 Å². The molecule has 4 nitrogen and oxygen atoms in total. The molecule has 0 aromatic heterocycles. The van der Waals surface area contributed by atoms with Gasteiger partial charge >= 0.3 is 0 Å². The lowest BCUT2D eigenvalue weighted by atomic mass is 10.1. The predicted molar refractivity (Wildman–Crippen MR) is 59.8 cm³/mol. The number of amides is 1. The fraction of sp³-hybridized carbons (Fsp3) is 0.364. The lowest BCUT2D eigenvalue weighted by Crippen LogP contribution is -2.33. The maximum absolute atomic E-state index is 11.3. The second kappa shape index (κ2) is 4.42. The maximum Gasteiger partial charge on any atom is 0.265 e. The summed E-state index contributed by atoms with van der Waals surface area (Å²) in [4.78, 5) is 11.3. The van der Waals surface area contributed by atoms with Gasteiger partial charge in [-0.3, -0.25) is 10.2 Å². The second-order valence-electron chi connectivity index (χ2n) is 4.62. The number of hydrogen-bond donors (Lipinski definition) is 2. The Kier molecular flexibility index (Phi) is 3.44. The zero-order valence-electron chi connectivity index (χ0n) is 9.45. The van der Waals surface area contributed by atoms with Crippen molar-refractivity contribution >= 4 is 5.91 Å². The number of hydrogen-bond acceptors (Lipinski definition) is 2. The van der Waals surface area contributed by atoms with E-state index in [1.807, 2.05) is 18.2 Å². The van der Waals surface area contributed by atoms with E-state index in [2.05, 4.69) is 26.6 Å². The number of nitrogens with one attached hydrogen (secondary N) is 1. The number of benzene rings is 1. The highest BCUT2D eigenvalue weighted by atomic mass is 16.2. The van der Waals surface area contributed by atoms with Gasteiger partial charge in [0.1, 0.15) is 6.54 Å². The molecule has 0 saturated carbocycles. The van der Waals surface area contributed by atoms with E-state index in [0.717, 1.165) is 16.6 Å². The Morgan fingerprint density at radius 2 is 2.07 bits per heavy atom. The molecule has 0 unspecified atom stereocenters. The normalized spacial score (nSPS) is 11.2. The number of rotatable bonds is 3. The largest absolute Gasteiger partial charge is 0.327 e. The van der Waals surface area contributed by atoms with Gasteiger partial charge in [-0.25, -0.2) is 5.84 Å². The van der Waals surface area contributed by atoms with Gasteiger partial charge in [0.15, 0.2) is 0 Å². The van der Waals surface area contributed by atoms with Crippen molar-refractivity contribution in [1.82, 2.24) is 5.43 Å². The van der Waals surface area contributed by atoms with Gasteiger partial charge in [0.25, 0.3) is 5.91 Å². The van der Waals surface area contributed by atoms with E-state index in [1.165, 1.54) is 0 Å². The van der Waals surface area contributed by atoms with Gasteiger partial charge in [0, 0.05) is 11.1 Å². The van der Waals surface area contributed by atoms with Crippen molar-refractivity contribution in [2.45, 2.75) is 6.54 Å². The minimum absolute atomic E-state index is 0.252. The summed E-state index contributed by atoms with van der Waals surface area (Å²) in [6.07, 6.45) is 0. The lowest BCUT2D eigenvalue weighted by molar-refractivity contribution is -0.884. The Bertz CT molecular complexity index is 355. The first-order valence-corrected chi connectivity index (χ1v) is 4.83.